The zero-order valence-corrected chi connectivity index (χ0v) is 12.2. The van der Waals surface area contributed by atoms with Crippen molar-refractivity contribution in [3.05, 3.63) is 0 Å². The van der Waals surface area contributed by atoms with Gasteiger partial charge in [0.2, 0.25) is 0 Å². The smallest absolute Gasteiger partial charge is 0.310 e. The quantitative estimate of drug-likeness (QED) is 0.851. The van der Waals surface area contributed by atoms with Crippen molar-refractivity contribution in [1.82, 2.24) is 4.90 Å². The van der Waals surface area contributed by atoms with Crippen molar-refractivity contribution in [1.29, 1.82) is 0 Å². The maximum absolute atomic E-state index is 11.8. The molecule has 19 heavy (non-hydrogen) atoms. The molecule has 1 saturated heterocycles. The average Bonchev–Trinajstić information content (AvgIpc) is 2.39. The first-order valence-corrected chi connectivity index (χ1v) is 7.62. The number of carboxylic acids is 1. The van der Waals surface area contributed by atoms with Crippen molar-refractivity contribution in [2.45, 2.75) is 52.0 Å². The molecular weight excluding hydrogens is 242 g/mol. The van der Waals surface area contributed by atoms with Crippen molar-refractivity contribution >= 4 is 5.97 Å². The minimum atomic E-state index is -0.597. The molecule has 2 fully saturated rings. The highest BCUT2D eigenvalue weighted by Crippen LogP contribution is 2.41. The lowest BCUT2D eigenvalue weighted by Gasteiger charge is -2.44. The summed E-state index contributed by atoms with van der Waals surface area (Å²) in [7, 11) is 0. The van der Waals surface area contributed by atoms with Gasteiger partial charge < -0.3 is 9.84 Å². The number of hydrogen-bond donors (Lipinski definition) is 1. The van der Waals surface area contributed by atoms with E-state index in [1.165, 1.54) is 6.42 Å². The predicted molar refractivity (Wildman–Crippen MR) is 74.2 cm³/mol. The summed E-state index contributed by atoms with van der Waals surface area (Å²) in [6.07, 6.45) is 4.92. The summed E-state index contributed by atoms with van der Waals surface area (Å²) < 4.78 is 5.52. The Morgan fingerprint density at radius 3 is 2.95 bits per heavy atom. The van der Waals surface area contributed by atoms with Gasteiger partial charge in [0.15, 0.2) is 0 Å². The van der Waals surface area contributed by atoms with Gasteiger partial charge in [-0.25, -0.2) is 0 Å². The Bertz CT molecular complexity index is 321. The monoisotopic (exact) mass is 269 g/mol. The molecule has 1 saturated carbocycles. The average molecular weight is 269 g/mol. The van der Waals surface area contributed by atoms with E-state index in [4.69, 9.17) is 4.74 Å². The van der Waals surface area contributed by atoms with E-state index < -0.39 is 11.4 Å². The summed E-state index contributed by atoms with van der Waals surface area (Å²) in [5.41, 5.74) is -0.525. The Balaban J connectivity index is 2.09. The van der Waals surface area contributed by atoms with Gasteiger partial charge in [-0.15, -0.1) is 0 Å². The Morgan fingerprint density at radius 2 is 2.32 bits per heavy atom. The van der Waals surface area contributed by atoms with Gasteiger partial charge >= 0.3 is 5.97 Å². The number of aliphatic carboxylic acids is 1. The molecule has 0 aromatic rings. The van der Waals surface area contributed by atoms with Gasteiger partial charge in [-0.1, -0.05) is 26.7 Å². The molecular formula is C15H27NO3. The number of nitrogens with zero attached hydrogens (tertiary/aromatic N) is 1. The van der Waals surface area contributed by atoms with E-state index in [1.54, 1.807) is 0 Å². The minimum absolute atomic E-state index is 0.391. The van der Waals surface area contributed by atoms with E-state index in [9.17, 15) is 9.90 Å². The van der Waals surface area contributed by atoms with E-state index in [2.05, 4.69) is 18.7 Å². The molecule has 3 unspecified atom stereocenters. The van der Waals surface area contributed by atoms with Crippen LogP contribution in [0.1, 0.15) is 46.0 Å². The summed E-state index contributed by atoms with van der Waals surface area (Å²) in [6, 6.07) is 0.391. The Hall–Kier alpha value is -0.610. The molecule has 4 nitrogen and oxygen atoms in total. The Morgan fingerprint density at radius 1 is 1.53 bits per heavy atom. The highest BCUT2D eigenvalue weighted by atomic mass is 16.5. The van der Waals surface area contributed by atoms with Crippen molar-refractivity contribution in [3.63, 3.8) is 0 Å². The van der Waals surface area contributed by atoms with Gasteiger partial charge in [-0.3, -0.25) is 9.69 Å². The van der Waals surface area contributed by atoms with Crippen molar-refractivity contribution in [2.24, 2.45) is 11.3 Å². The standard InChI is InChI=1S/C15H27NO3/c1-3-13-10-19-8-7-16(13)11-15(14(17)18)6-4-5-12(2)9-15/h12-13H,3-11H2,1-2H3,(H,17,18). The van der Waals surface area contributed by atoms with Gasteiger partial charge in [0.1, 0.15) is 0 Å². The van der Waals surface area contributed by atoms with E-state index in [1.807, 2.05) is 0 Å². The molecule has 0 radical (unpaired) electrons. The molecule has 0 bridgehead atoms. The molecule has 1 aliphatic carbocycles. The Labute approximate surface area is 116 Å². The number of morpholine rings is 1. The molecule has 0 spiro atoms. The largest absolute Gasteiger partial charge is 0.481 e. The van der Waals surface area contributed by atoms with Gasteiger partial charge in [0.05, 0.1) is 18.6 Å². The van der Waals surface area contributed by atoms with Crippen LogP contribution in [0, 0.1) is 11.3 Å². The minimum Gasteiger partial charge on any atom is -0.481 e. The molecule has 4 heteroatoms. The summed E-state index contributed by atoms with van der Waals surface area (Å²) in [6.45, 7) is 7.41. The molecule has 1 aliphatic heterocycles. The number of rotatable bonds is 4. The first kappa shape index (κ1) is 14.8. The Kier molecular flexibility index (Phi) is 4.85. The van der Waals surface area contributed by atoms with E-state index in [0.717, 1.165) is 45.4 Å². The first-order chi connectivity index (χ1) is 9.07. The van der Waals surface area contributed by atoms with Crippen LogP contribution in [0.2, 0.25) is 0 Å². The van der Waals surface area contributed by atoms with Crippen LogP contribution in [-0.2, 0) is 9.53 Å². The second-order valence-corrected chi connectivity index (χ2v) is 6.39. The molecule has 2 rings (SSSR count). The third-order valence-electron chi connectivity index (χ3n) is 4.87. The fourth-order valence-corrected chi connectivity index (χ4v) is 3.73. The lowest BCUT2D eigenvalue weighted by molar-refractivity contribution is -0.155. The van der Waals surface area contributed by atoms with Gasteiger partial charge in [0.25, 0.3) is 0 Å². The van der Waals surface area contributed by atoms with E-state index >= 15 is 0 Å². The van der Waals surface area contributed by atoms with Crippen LogP contribution >= 0.6 is 0 Å². The van der Waals surface area contributed by atoms with Crippen LogP contribution in [0.25, 0.3) is 0 Å². The second kappa shape index (κ2) is 6.23. The summed E-state index contributed by atoms with van der Waals surface area (Å²) >= 11 is 0. The second-order valence-electron chi connectivity index (χ2n) is 6.39. The van der Waals surface area contributed by atoms with E-state index in [0.29, 0.717) is 18.5 Å². The fraction of sp³-hybridized carbons (Fsp3) is 0.933. The molecule has 3 atom stereocenters. The van der Waals surface area contributed by atoms with E-state index in [-0.39, 0.29) is 0 Å². The van der Waals surface area contributed by atoms with Crippen LogP contribution in [0.4, 0.5) is 0 Å². The van der Waals surface area contributed by atoms with Crippen LogP contribution in [0.15, 0.2) is 0 Å². The molecule has 110 valence electrons. The van der Waals surface area contributed by atoms with Crippen LogP contribution in [0.5, 0.6) is 0 Å². The highest BCUT2D eigenvalue weighted by molar-refractivity contribution is 5.75. The van der Waals surface area contributed by atoms with Crippen LogP contribution in [-0.4, -0.2) is 48.3 Å². The fourth-order valence-electron chi connectivity index (χ4n) is 3.73. The molecule has 1 heterocycles. The molecule has 2 aliphatic rings. The van der Waals surface area contributed by atoms with Gasteiger partial charge in [-0.05, 0) is 25.2 Å². The third kappa shape index (κ3) is 3.29. The summed E-state index contributed by atoms with van der Waals surface area (Å²) in [4.78, 5) is 14.2. The number of hydrogen-bond acceptors (Lipinski definition) is 3. The SMILES string of the molecule is CCC1COCCN1CC1(C(=O)O)CCCC(C)C1. The zero-order chi connectivity index (χ0) is 13.9. The topological polar surface area (TPSA) is 49.8 Å². The normalized spacial score (nSPS) is 37.2. The lowest BCUT2D eigenvalue weighted by atomic mass is 9.69. The molecule has 0 aromatic carbocycles. The number of carbonyl (C=O) groups is 1. The van der Waals surface area contributed by atoms with Crippen LogP contribution in [0.3, 0.4) is 0 Å². The summed E-state index contributed by atoms with van der Waals surface area (Å²) in [5.74, 6) is -0.0636. The van der Waals surface area contributed by atoms with Crippen molar-refractivity contribution in [2.75, 3.05) is 26.3 Å². The number of carboxylic acid groups (broad SMARTS) is 1. The molecule has 0 amide bonds. The maximum Gasteiger partial charge on any atom is 0.310 e. The van der Waals surface area contributed by atoms with Crippen molar-refractivity contribution in [3.8, 4) is 0 Å². The molecule has 0 aromatic heterocycles. The zero-order valence-electron chi connectivity index (χ0n) is 12.2. The predicted octanol–water partition coefficient (Wildman–Crippen LogP) is 2.38. The van der Waals surface area contributed by atoms with Gasteiger partial charge in [-0.2, -0.15) is 0 Å². The van der Waals surface area contributed by atoms with Crippen molar-refractivity contribution < 1.29 is 14.6 Å². The van der Waals surface area contributed by atoms with Gasteiger partial charge in [0, 0.05) is 19.1 Å². The van der Waals surface area contributed by atoms with Crippen LogP contribution < -0.4 is 0 Å². The highest BCUT2D eigenvalue weighted by Gasteiger charge is 2.44. The first-order valence-electron chi connectivity index (χ1n) is 7.62. The lowest BCUT2D eigenvalue weighted by Crippen LogP contribution is -2.53. The summed E-state index contributed by atoms with van der Waals surface area (Å²) in [5, 5.41) is 9.74. The number of ether oxygens (including phenoxy) is 1. The third-order valence-corrected chi connectivity index (χ3v) is 4.87. The maximum atomic E-state index is 11.8. The molecule has 1 N–H and O–H groups in total.